The molecule has 0 aliphatic heterocycles. The van der Waals surface area contributed by atoms with Crippen LogP contribution in [-0.4, -0.2) is 18.2 Å². The van der Waals surface area contributed by atoms with Crippen LogP contribution in [0.5, 0.6) is 5.75 Å². The van der Waals surface area contributed by atoms with Gasteiger partial charge in [-0.25, -0.2) is 0 Å². The van der Waals surface area contributed by atoms with Crippen LogP contribution in [0.15, 0.2) is 48.5 Å². The van der Waals surface area contributed by atoms with Crippen molar-refractivity contribution in [2.24, 2.45) is 0 Å². The molecular formula is C17H18O4. The fraction of sp³-hybridized carbons (Fsp3) is 0.235. The third-order valence-electron chi connectivity index (χ3n) is 3.11. The molecule has 4 heteroatoms. The van der Waals surface area contributed by atoms with Crippen LogP contribution in [-0.2, 0) is 29.2 Å². The van der Waals surface area contributed by atoms with E-state index in [2.05, 4.69) is 4.74 Å². The summed E-state index contributed by atoms with van der Waals surface area (Å²) < 4.78 is 10.3. The van der Waals surface area contributed by atoms with Gasteiger partial charge in [-0.1, -0.05) is 36.4 Å². The minimum Gasteiger partial charge on any atom is -0.489 e. The van der Waals surface area contributed by atoms with E-state index >= 15 is 0 Å². The summed E-state index contributed by atoms with van der Waals surface area (Å²) in [7, 11) is 1.38. The zero-order valence-electron chi connectivity index (χ0n) is 11.9. The summed E-state index contributed by atoms with van der Waals surface area (Å²) in [5, 5.41) is 8.98. The van der Waals surface area contributed by atoms with Gasteiger partial charge in [0.25, 0.3) is 0 Å². The van der Waals surface area contributed by atoms with Crippen molar-refractivity contribution < 1.29 is 19.4 Å². The molecule has 0 bridgehead atoms. The average Bonchev–Trinajstić information content (AvgIpc) is 2.54. The zero-order chi connectivity index (χ0) is 15.1. The monoisotopic (exact) mass is 286 g/mol. The number of carbonyl (C=O) groups is 1. The standard InChI is InChI=1S/C17H18O4/c1-20-17(19)10-13-6-8-16(9-7-13)21-12-15-4-2-14(11-18)3-5-15/h2-9,18H,10-12H2,1H3. The van der Waals surface area contributed by atoms with Crippen LogP contribution in [0.3, 0.4) is 0 Å². The van der Waals surface area contributed by atoms with E-state index in [1.54, 1.807) is 0 Å². The summed E-state index contributed by atoms with van der Waals surface area (Å²) in [5.41, 5.74) is 2.80. The lowest BCUT2D eigenvalue weighted by atomic mass is 10.1. The van der Waals surface area contributed by atoms with E-state index < -0.39 is 0 Å². The van der Waals surface area contributed by atoms with Crippen LogP contribution in [0.1, 0.15) is 16.7 Å². The molecule has 0 amide bonds. The largest absolute Gasteiger partial charge is 0.489 e. The number of esters is 1. The predicted molar refractivity (Wildman–Crippen MR) is 78.9 cm³/mol. The molecule has 4 nitrogen and oxygen atoms in total. The Hall–Kier alpha value is -2.33. The Morgan fingerprint density at radius 1 is 0.952 bits per heavy atom. The molecule has 0 unspecified atom stereocenters. The van der Waals surface area contributed by atoms with E-state index in [0.717, 1.165) is 22.4 Å². The van der Waals surface area contributed by atoms with E-state index in [-0.39, 0.29) is 19.0 Å². The molecule has 0 aliphatic carbocycles. The first-order valence-corrected chi connectivity index (χ1v) is 6.68. The van der Waals surface area contributed by atoms with Crippen molar-refractivity contribution in [1.29, 1.82) is 0 Å². The van der Waals surface area contributed by atoms with Crippen LogP contribution in [0, 0.1) is 0 Å². The Morgan fingerprint density at radius 2 is 1.52 bits per heavy atom. The maximum atomic E-state index is 11.2. The van der Waals surface area contributed by atoms with Crippen LogP contribution >= 0.6 is 0 Å². The lowest BCUT2D eigenvalue weighted by Crippen LogP contribution is -2.04. The van der Waals surface area contributed by atoms with Gasteiger partial charge in [-0.05, 0) is 28.8 Å². The van der Waals surface area contributed by atoms with Crippen molar-refractivity contribution >= 4 is 5.97 Å². The molecule has 0 atom stereocenters. The number of hydrogen-bond acceptors (Lipinski definition) is 4. The van der Waals surface area contributed by atoms with Gasteiger partial charge in [0.1, 0.15) is 12.4 Å². The first kappa shape index (κ1) is 15.1. The normalized spacial score (nSPS) is 10.2. The smallest absolute Gasteiger partial charge is 0.309 e. The van der Waals surface area contributed by atoms with Gasteiger partial charge in [-0.3, -0.25) is 4.79 Å². The Kier molecular flexibility index (Phi) is 5.35. The topological polar surface area (TPSA) is 55.8 Å². The minimum absolute atomic E-state index is 0.0444. The third-order valence-corrected chi connectivity index (χ3v) is 3.11. The van der Waals surface area contributed by atoms with Crippen LogP contribution < -0.4 is 4.74 Å². The van der Waals surface area contributed by atoms with Gasteiger partial charge >= 0.3 is 5.97 Å². The van der Waals surface area contributed by atoms with Crippen LogP contribution in [0.2, 0.25) is 0 Å². The lowest BCUT2D eigenvalue weighted by Gasteiger charge is -2.07. The molecule has 0 saturated carbocycles. The summed E-state index contributed by atoms with van der Waals surface area (Å²) in [6.07, 6.45) is 0.263. The first-order chi connectivity index (χ1) is 10.2. The highest BCUT2D eigenvalue weighted by Gasteiger charge is 2.03. The van der Waals surface area contributed by atoms with Gasteiger partial charge in [0, 0.05) is 0 Å². The molecule has 0 spiro atoms. The Labute approximate surface area is 123 Å². The van der Waals surface area contributed by atoms with Crippen LogP contribution in [0.25, 0.3) is 0 Å². The molecular weight excluding hydrogens is 268 g/mol. The van der Waals surface area contributed by atoms with Gasteiger partial charge < -0.3 is 14.6 Å². The molecule has 0 fully saturated rings. The SMILES string of the molecule is COC(=O)Cc1ccc(OCc2ccc(CO)cc2)cc1. The number of methoxy groups -OCH3 is 1. The highest BCUT2D eigenvalue weighted by atomic mass is 16.5. The van der Waals surface area contributed by atoms with E-state index in [1.165, 1.54) is 7.11 Å². The number of benzene rings is 2. The Bertz CT molecular complexity index is 573. The predicted octanol–water partition coefficient (Wildman–Crippen LogP) is 2.47. The average molecular weight is 286 g/mol. The number of carbonyl (C=O) groups excluding carboxylic acids is 1. The Morgan fingerprint density at radius 3 is 2.10 bits per heavy atom. The molecule has 2 rings (SSSR count). The summed E-state index contributed by atoms with van der Waals surface area (Å²) in [4.78, 5) is 11.2. The zero-order valence-corrected chi connectivity index (χ0v) is 11.9. The third kappa shape index (κ3) is 4.61. The molecule has 2 aromatic carbocycles. The molecule has 2 aromatic rings. The Balaban J connectivity index is 1.89. The van der Waals surface area contributed by atoms with Gasteiger partial charge in [0.15, 0.2) is 0 Å². The van der Waals surface area contributed by atoms with Gasteiger partial charge in [0.05, 0.1) is 20.1 Å². The molecule has 21 heavy (non-hydrogen) atoms. The van der Waals surface area contributed by atoms with Gasteiger partial charge in [-0.2, -0.15) is 0 Å². The number of hydrogen-bond donors (Lipinski definition) is 1. The fourth-order valence-corrected chi connectivity index (χ4v) is 1.85. The number of aliphatic hydroxyl groups excluding tert-OH is 1. The van der Waals surface area contributed by atoms with Gasteiger partial charge in [0.2, 0.25) is 0 Å². The second-order valence-electron chi connectivity index (χ2n) is 4.66. The summed E-state index contributed by atoms with van der Waals surface area (Å²) in [6, 6.07) is 15.0. The first-order valence-electron chi connectivity index (χ1n) is 6.68. The maximum absolute atomic E-state index is 11.2. The van der Waals surface area contributed by atoms with E-state index in [4.69, 9.17) is 9.84 Å². The quantitative estimate of drug-likeness (QED) is 0.829. The van der Waals surface area contributed by atoms with E-state index in [9.17, 15) is 4.79 Å². The van der Waals surface area contributed by atoms with Crippen molar-refractivity contribution in [3.8, 4) is 5.75 Å². The van der Waals surface area contributed by atoms with Crippen molar-refractivity contribution in [3.63, 3.8) is 0 Å². The molecule has 0 saturated heterocycles. The van der Waals surface area contributed by atoms with Crippen molar-refractivity contribution in [2.45, 2.75) is 19.6 Å². The molecule has 0 radical (unpaired) electrons. The fourth-order valence-electron chi connectivity index (χ4n) is 1.85. The van der Waals surface area contributed by atoms with Crippen molar-refractivity contribution in [1.82, 2.24) is 0 Å². The highest BCUT2D eigenvalue weighted by Crippen LogP contribution is 2.15. The number of ether oxygens (including phenoxy) is 2. The maximum Gasteiger partial charge on any atom is 0.309 e. The second-order valence-corrected chi connectivity index (χ2v) is 4.66. The number of aliphatic hydroxyl groups is 1. The van der Waals surface area contributed by atoms with E-state index in [1.807, 2.05) is 48.5 Å². The van der Waals surface area contributed by atoms with Crippen molar-refractivity contribution in [3.05, 3.63) is 65.2 Å². The number of rotatable bonds is 6. The summed E-state index contributed by atoms with van der Waals surface area (Å²) >= 11 is 0. The van der Waals surface area contributed by atoms with Crippen molar-refractivity contribution in [2.75, 3.05) is 7.11 Å². The summed E-state index contributed by atoms with van der Waals surface area (Å²) in [6.45, 7) is 0.505. The molecule has 110 valence electrons. The van der Waals surface area contributed by atoms with Gasteiger partial charge in [-0.15, -0.1) is 0 Å². The molecule has 0 aromatic heterocycles. The molecule has 0 heterocycles. The molecule has 0 aliphatic rings. The highest BCUT2D eigenvalue weighted by molar-refractivity contribution is 5.72. The summed E-state index contributed by atoms with van der Waals surface area (Å²) in [5.74, 6) is 0.488. The van der Waals surface area contributed by atoms with E-state index in [0.29, 0.717) is 6.61 Å². The second kappa shape index (κ2) is 7.45. The molecule has 1 N–H and O–H groups in total. The minimum atomic E-state index is -0.257. The van der Waals surface area contributed by atoms with Crippen LogP contribution in [0.4, 0.5) is 0 Å². The lowest BCUT2D eigenvalue weighted by molar-refractivity contribution is -0.139.